The summed E-state index contributed by atoms with van der Waals surface area (Å²) >= 11 is 1.60. The van der Waals surface area contributed by atoms with Gasteiger partial charge in [-0.15, -0.1) is 11.8 Å². The van der Waals surface area contributed by atoms with Gasteiger partial charge in [0.2, 0.25) is 5.91 Å². The third-order valence-electron chi connectivity index (χ3n) is 3.54. The van der Waals surface area contributed by atoms with Crippen molar-refractivity contribution in [2.75, 3.05) is 13.2 Å². The van der Waals surface area contributed by atoms with E-state index in [-0.39, 0.29) is 17.8 Å². The lowest BCUT2D eigenvalue weighted by molar-refractivity contribution is -0.120. The highest BCUT2D eigenvalue weighted by atomic mass is 32.2. The highest BCUT2D eigenvalue weighted by Crippen LogP contribution is 2.35. The van der Waals surface area contributed by atoms with Crippen LogP contribution >= 0.6 is 11.8 Å². The van der Waals surface area contributed by atoms with E-state index in [2.05, 4.69) is 43.2 Å². The number of benzene rings is 1. The van der Waals surface area contributed by atoms with Crippen LogP contribution in [0.5, 0.6) is 0 Å². The molecule has 0 saturated heterocycles. The quantitative estimate of drug-likeness (QED) is 0.687. The van der Waals surface area contributed by atoms with Crippen LogP contribution in [0.1, 0.15) is 25.8 Å². The zero-order valence-corrected chi connectivity index (χ0v) is 14.2. The molecule has 0 fully saturated rings. The van der Waals surface area contributed by atoms with Crippen LogP contribution in [0, 0.1) is 12.8 Å². The van der Waals surface area contributed by atoms with Crippen LogP contribution in [-0.4, -0.2) is 34.4 Å². The van der Waals surface area contributed by atoms with Gasteiger partial charge in [-0.1, -0.05) is 26.0 Å². The number of carbonyl (C=O) groups excluding carboxylic acids is 1. The monoisotopic (exact) mass is 320 g/mol. The molecule has 2 rings (SSSR count). The van der Waals surface area contributed by atoms with Crippen LogP contribution in [0.15, 0.2) is 29.3 Å². The second-order valence-corrected chi connectivity index (χ2v) is 7.15. The third kappa shape index (κ3) is 4.05. The van der Waals surface area contributed by atoms with Crippen LogP contribution in [0.2, 0.25) is 0 Å². The first kappa shape index (κ1) is 16.9. The molecule has 1 heterocycles. The van der Waals surface area contributed by atoms with Gasteiger partial charge >= 0.3 is 0 Å². The van der Waals surface area contributed by atoms with Crippen molar-refractivity contribution >= 4 is 28.6 Å². The number of carbonyl (C=O) groups is 1. The number of aromatic amines is 1. The molecular formula is C17H24N2O2S. The predicted octanol–water partition coefficient (Wildman–Crippen LogP) is 3.09. The highest BCUT2D eigenvalue weighted by molar-refractivity contribution is 8.00. The van der Waals surface area contributed by atoms with Gasteiger partial charge in [0.25, 0.3) is 0 Å². The van der Waals surface area contributed by atoms with Gasteiger partial charge in [-0.3, -0.25) is 4.79 Å². The molecule has 1 aromatic heterocycles. The number of rotatable bonds is 7. The number of hydrogen-bond acceptors (Lipinski definition) is 3. The fourth-order valence-corrected chi connectivity index (χ4v) is 4.00. The molecule has 0 aliphatic heterocycles. The van der Waals surface area contributed by atoms with E-state index in [4.69, 9.17) is 5.11 Å². The summed E-state index contributed by atoms with van der Waals surface area (Å²) < 4.78 is 0. The molecule has 22 heavy (non-hydrogen) atoms. The van der Waals surface area contributed by atoms with Gasteiger partial charge in [0, 0.05) is 28.5 Å². The lowest BCUT2D eigenvalue weighted by Crippen LogP contribution is -2.35. The Bertz CT molecular complexity index is 637. The van der Waals surface area contributed by atoms with Crippen molar-refractivity contribution in [3.05, 3.63) is 30.0 Å². The molecule has 0 radical (unpaired) electrons. The minimum Gasteiger partial charge on any atom is -0.395 e. The van der Waals surface area contributed by atoms with Gasteiger partial charge in [-0.2, -0.15) is 0 Å². The number of H-pyrrole nitrogens is 1. The number of amides is 1. The first-order valence-electron chi connectivity index (χ1n) is 7.64. The SMILES string of the molecule is Cc1cccc2[nH]cc(S[C@H](CC(C)C)C(=O)NCCO)c12. The Morgan fingerprint density at radius 2 is 2.18 bits per heavy atom. The maximum Gasteiger partial charge on any atom is 0.233 e. The summed E-state index contributed by atoms with van der Waals surface area (Å²) in [7, 11) is 0. The normalized spacial score (nSPS) is 12.8. The molecule has 0 aliphatic carbocycles. The minimum atomic E-state index is -0.148. The average Bonchev–Trinajstić information content (AvgIpc) is 2.88. The van der Waals surface area contributed by atoms with Gasteiger partial charge in [-0.05, 0) is 30.9 Å². The number of aliphatic hydroxyl groups excluding tert-OH is 1. The minimum absolute atomic E-state index is 0.00400. The van der Waals surface area contributed by atoms with E-state index in [0.29, 0.717) is 12.5 Å². The lowest BCUT2D eigenvalue weighted by Gasteiger charge is -2.18. The summed E-state index contributed by atoms with van der Waals surface area (Å²) in [4.78, 5) is 16.7. The van der Waals surface area contributed by atoms with Crippen LogP contribution in [0.25, 0.3) is 10.9 Å². The summed E-state index contributed by atoms with van der Waals surface area (Å²) in [5, 5.41) is 12.7. The van der Waals surface area contributed by atoms with Gasteiger partial charge in [-0.25, -0.2) is 0 Å². The Balaban J connectivity index is 2.23. The van der Waals surface area contributed by atoms with Crippen molar-refractivity contribution in [1.82, 2.24) is 10.3 Å². The van der Waals surface area contributed by atoms with Crippen LogP contribution in [0.3, 0.4) is 0 Å². The Labute approximate surface area is 135 Å². The summed E-state index contributed by atoms with van der Waals surface area (Å²) in [5.74, 6) is 0.430. The molecule has 5 heteroatoms. The largest absolute Gasteiger partial charge is 0.395 e. The molecule has 0 bridgehead atoms. The van der Waals surface area contributed by atoms with Crippen molar-refractivity contribution in [2.45, 2.75) is 37.3 Å². The van der Waals surface area contributed by atoms with Crippen LogP contribution in [0.4, 0.5) is 0 Å². The first-order chi connectivity index (χ1) is 10.5. The molecule has 4 nitrogen and oxygen atoms in total. The van der Waals surface area contributed by atoms with Gasteiger partial charge < -0.3 is 15.4 Å². The molecule has 1 amide bonds. The molecule has 1 aromatic carbocycles. The fraction of sp³-hybridized carbons (Fsp3) is 0.471. The van der Waals surface area contributed by atoms with E-state index in [9.17, 15) is 4.79 Å². The Hall–Kier alpha value is -1.46. The maximum atomic E-state index is 12.3. The van der Waals surface area contributed by atoms with Crippen LogP contribution < -0.4 is 5.32 Å². The number of thioether (sulfide) groups is 1. The smallest absolute Gasteiger partial charge is 0.233 e. The molecular weight excluding hydrogens is 296 g/mol. The maximum absolute atomic E-state index is 12.3. The number of aliphatic hydroxyl groups is 1. The standard InChI is InChI=1S/C17H24N2O2S/c1-11(2)9-14(17(21)18-7-8-20)22-15-10-19-13-6-4-5-12(3)16(13)15/h4-6,10-11,14,19-20H,7-9H2,1-3H3,(H,18,21)/t14-/m1/s1. The van der Waals surface area contributed by atoms with Crippen molar-refractivity contribution in [3.63, 3.8) is 0 Å². The number of hydrogen-bond donors (Lipinski definition) is 3. The Morgan fingerprint density at radius 3 is 2.86 bits per heavy atom. The second-order valence-electron chi connectivity index (χ2n) is 5.90. The number of aromatic nitrogens is 1. The van der Waals surface area contributed by atoms with Gasteiger partial charge in [0.05, 0.1) is 11.9 Å². The summed E-state index contributed by atoms with van der Waals surface area (Å²) in [6.07, 6.45) is 2.79. The molecule has 120 valence electrons. The molecule has 0 spiro atoms. The van der Waals surface area contributed by atoms with Crippen molar-refractivity contribution in [3.8, 4) is 0 Å². The van der Waals surface area contributed by atoms with Gasteiger partial charge in [0.15, 0.2) is 0 Å². The zero-order valence-electron chi connectivity index (χ0n) is 13.3. The number of fused-ring (bicyclic) bond motifs is 1. The summed E-state index contributed by atoms with van der Waals surface area (Å²) in [5.41, 5.74) is 2.31. The topological polar surface area (TPSA) is 65.1 Å². The first-order valence-corrected chi connectivity index (χ1v) is 8.52. The molecule has 3 N–H and O–H groups in total. The average molecular weight is 320 g/mol. The van der Waals surface area contributed by atoms with Gasteiger partial charge in [0.1, 0.15) is 0 Å². The number of nitrogens with one attached hydrogen (secondary N) is 2. The van der Waals surface area contributed by atoms with E-state index < -0.39 is 0 Å². The second kappa shape index (κ2) is 7.70. The van der Waals surface area contributed by atoms with Crippen molar-refractivity contribution < 1.29 is 9.90 Å². The third-order valence-corrected chi connectivity index (χ3v) is 4.80. The molecule has 0 aliphatic rings. The van der Waals surface area contributed by atoms with Crippen molar-refractivity contribution in [2.24, 2.45) is 5.92 Å². The highest BCUT2D eigenvalue weighted by Gasteiger charge is 2.22. The molecule has 2 aromatic rings. The van der Waals surface area contributed by atoms with E-state index in [1.54, 1.807) is 11.8 Å². The van der Waals surface area contributed by atoms with E-state index >= 15 is 0 Å². The zero-order chi connectivity index (χ0) is 16.1. The van der Waals surface area contributed by atoms with Crippen LogP contribution in [-0.2, 0) is 4.79 Å². The van der Waals surface area contributed by atoms with Crippen molar-refractivity contribution in [1.29, 1.82) is 0 Å². The summed E-state index contributed by atoms with van der Waals surface area (Å²) in [6.45, 7) is 6.60. The molecule has 0 saturated carbocycles. The molecule has 0 unspecified atom stereocenters. The van der Waals surface area contributed by atoms with E-state index in [1.165, 1.54) is 10.9 Å². The Morgan fingerprint density at radius 1 is 1.41 bits per heavy atom. The fourth-order valence-electron chi connectivity index (χ4n) is 2.51. The van der Waals surface area contributed by atoms with E-state index in [0.717, 1.165) is 16.8 Å². The molecule has 1 atom stereocenters. The predicted molar refractivity (Wildman–Crippen MR) is 92.2 cm³/mol. The Kier molecular flexibility index (Phi) is 5.91. The summed E-state index contributed by atoms with van der Waals surface area (Å²) in [6, 6.07) is 6.17. The van der Waals surface area contributed by atoms with E-state index in [1.807, 2.05) is 12.3 Å². The lowest BCUT2D eigenvalue weighted by atomic mass is 10.1. The number of aryl methyl sites for hydroxylation is 1.